The number of aromatic nitrogens is 2. The second-order valence-corrected chi connectivity index (χ2v) is 7.07. The second kappa shape index (κ2) is 12.6. The van der Waals surface area contributed by atoms with Crippen LogP contribution in [0.3, 0.4) is 0 Å². The van der Waals surface area contributed by atoms with Gasteiger partial charge in [0.1, 0.15) is 0 Å². The summed E-state index contributed by atoms with van der Waals surface area (Å²) in [5.74, 6) is 2.95. The molecule has 2 aromatic rings. The molecule has 172 valence electrons. The molecule has 1 saturated heterocycles. The minimum atomic E-state index is 0. The molecule has 1 N–H and O–H groups in total. The number of aliphatic imine (C=N–C) groups is 1. The van der Waals surface area contributed by atoms with Crippen LogP contribution in [0.5, 0.6) is 17.2 Å². The molecule has 0 spiro atoms. The van der Waals surface area contributed by atoms with E-state index >= 15 is 0 Å². The molecule has 0 atom stereocenters. The normalized spacial score (nSPS) is 14.7. The van der Waals surface area contributed by atoms with Crippen LogP contribution in [0.4, 0.5) is 0 Å². The fourth-order valence-electron chi connectivity index (χ4n) is 3.65. The molecule has 10 heteroatoms. The molecule has 2 heterocycles. The maximum Gasteiger partial charge on any atom is 0.203 e. The Labute approximate surface area is 201 Å². The summed E-state index contributed by atoms with van der Waals surface area (Å²) in [4.78, 5) is 13.2. The van der Waals surface area contributed by atoms with E-state index in [2.05, 4.69) is 29.7 Å². The summed E-state index contributed by atoms with van der Waals surface area (Å²) in [6.45, 7) is 6.27. The van der Waals surface area contributed by atoms with E-state index in [9.17, 15) is 0 Å². The lowest BCUT2D eigenvalue weighted by Gasteiger charge is -2.36. The predicted molar refractivity (Wildman–Crippen MR) is 132 cm³/mol. The molecule has 0 unspecified atom stereocenters. The van der Waals surface area contributed by atoms with Crippen molar-refractivity contribution in [2.75, 3.05) is 61.1 Å². The average Bonchev–Trinajstić information content (AvgIpc) is 3.30. The van der Waals surface area contributed by atoms with E-state index in [4.69, 9.17) is 14.2 Å². The van der Waals surface area contributed by atoms with Gasteiger partial charge in [-0.2, -0.15) is 0 Å². The molecular formula is C21H33IN6O3. The third-order valence-electron chi connectivity index (χ3n) is 5.23. The monoisotopic (exact) mass is 544 g/mol. The summed E-state index contributed by atoms with van der Waals surface area (Å²) in [7, 11) is 6.74. The quantitative estimate of drug-likeness (QED) is 0.309. The molecule has 1 aliphatic heterocycles. The van der Waals surface area contributed by atoms with Crippen molar-refractivity contribution >= 4 is 29.9 Å². The molecular weight excluding hydrogens is 511 g/mol. The van der Waals surface area contributed by atoms with Gasteiger partial charge in [0.25, 0.3) is 0 Å². The summed E-state index contributed by atoms with van der Waals surface area (Å²) in [6.07, 6.45) is 5.58. The van der Waals surface area contributed by atoms with Gasteiger partial charge in [-0.15, -0.1) is 24.0 Å². The van der Waals surface area contributed by atoms with E-state index in [-0.39, 0.29) is 24.0 Å². The van der Waals surface area contributed by atoms with Crippen LogP contribution in [0.1, 0.15) is 5.56 Å². The highest BCUT2D eigenvalue weighted by atomic mass is 127. The van der Waals surface area contributed by atoms with Crippen LogP contribution in [0, 0.1) is 0 Å². The predicted octanol–water partition coefficient (Wildman–Crippen LogP) is 1.92. The summed E-state index contributed by atoms with van der Waals surface area (Å²) >= 11 is 0. The van der Waals surface area contributed by atoms with E-state index in [0.717, 1.165) is 57.3 Å². The van der Waals surface area contributed by atoms with Crippen molar-refractivity contribution in [2.45, 2.75) is 13.1 Å². The number of benzene rings is 1. The number of rotatable bonds is 8. The smallest absolute Gasteiger partial charge is 0.203 e. The Hall–Kier alpha value is -2.21. The van der Waals surface area contributed by atoms with E-state index in [1.165, 1.54) is 0 Å². The number of nitrogens with zero attached hydrogens (tertiary/aromatic N) is 5. The van der Waals surface area contributed by atoms with Gasteiger partial charge in [-0.1, -0.05) is 0 Å². The molecule has 3 rings (SSSR count). The van der Waals surface area contributed by atoms with Crippen molar-refractivity contribution in [3.63, 3.8) is 0 Å². The molecule has 0 amide bonds. The lowest BCUT2D eigenvalue weighted by atomic mass is 10.1. The average molecular weight is 544 g/mol. The molecule has 0 radical (unpaired) electrons. The van der Waals surface area contributed by atoms with Crippen LogP contribution in [-0.2, 0) is 13.1 Å². The van der Waals surface area contributed by atoms with Gasteiger partial charge in [0.2, 0.25) is 5.75 Å². The highest BCUT2D eigenvalue weighted by molar-refractivity contribution is 14.0. The van der Waals surface area contributed by atoms with E-state index in [1.54, 1.807) is 27.5 Å². The van der Waals surface area contributed by atoms with Gasteiger partial charge < -0.3 is 29.0 Å². The number of methoxy groups -OCH3 is 3. The van der Waals surface area contributed by atoms with Crippen molar-refractivity contribution in [1.29, 1.82) is 0 Å². The van der Waals surface area contributed by atoms with Crippen LogP contribution in [-0.4, -0.2) is 86.4 Å². The van der Waals surface area contributed by atoms with Crippen molar-refractivity contribution in [3.05, 3.63) is 36.4 Å². The number of imidazole rings is 1. The topological polar surface area (TPSA) is 76.4 Å². The summed E-state index contributed by atoms with van der Waals surface area (Å²) in [6, 6.07) is 4.04. The van der Waals surface area contributed by atoms with Gasteiger partial charge in [-0.05, 0) is 17.7 Å². The molecule has 1 aromatic carbocycles. The molecule has 1 aliphatic rings. The Morgan fingerprint density at radius 3 is 2.26 bits per heavy atom. The van der Waals surface area contributed by atoms with E-state index in [0.29, 0.717) is 17.2 Å². The van der Waals surface area contributed by atoms with Gasteiger partial charge in [0.05, 0.1) is 27.7 Å². The Kier molecular flexibility index (Phi) is 10.2. The van der Waals surface area contributed by atoms with Crippen LogP contribution in [0.2, 0.25) is 0 Å². The standard InChI is InChI=1S/C21H32N6O3.HI/c1-22-21(24-6-8-26-7-5-23-16-26)27-11-9-25(10-12-27)15-17-13-18(28-2)20(30-4)19(14-17)29-3;/h5,7,13-14,16H,6,8-12,15H2,1-4H3,(H,22,24);1H. The molecule has 0 aliphatic carbocycles. The third-order valence-corrected chi connectivity index (χ3v) is 5.23. The summed E-state index contributed by atoms with van der Waals surface area (Å²) in [5, 5.41) is 3.45. The second-order valence-electron chi connectivity index (χ2n) is 7.07. The number of piperazine rings is 1. The molecule has 1 aromatic heterocycles. The van der Waals surface area contributed by atoms with Gasteiger partial charge >= 0.3 is 0 Å². The molecule has 31 heavy (non-hydrogen) atoms. The van der Waals surface area contributed by atoms with Crippen molar-refractivity contribution in [2.24, 2.45) is 4.99 Å². The number of hydrogen-bond donors (Lipinski definition) is 1. The van der Waals surface area contributed by atoms with Crippen LogP contribution in [0.15, 0.2) is 35.8 Å². The summed E-state index contributed by atoms with van der Waals surface area (Å²) in [5.41, 5.74) is 1.14. The van der Waals surface area contributed by atoms with Crippen LogP contribution in [0.25, 0.3) is 0 Å². The maximum atomic E-state index is 5.47. The fraction of sp³-hybridized carbons (Fsp3) is 0.524. The molecule has 1 fully saturated rings. The summed E-state index contributed by atoms with van der Waals surface area (Å²) < 4.78 is 18.4. The Morgan fingerprint density at radius 2 is 1.74 bits per heavy atom. The number of ether oxygens (including phenoxy) is 3. The van der Waals surface area contributed by atoms with Crippen LogP contribution >= 0.6 is 24.0 Å². The minimum Gasteiger partial charge on any atom is -0.493 e. The van der Waals surface area contributed by atoms with Gasteiger partial charge in [0.15, 0.2) is 17.5 Å². The number of guanidine groups is 1. The SMILES string of the molecule is CN=C(NCCn1ccnc1)N1CCN(Cc2cc(OC)c(OC)c(OC)c2)CC1.I. The minimum absolute atomic E-state index is 0. The lowest BCUT2D eigenvalue weighted by molar-refractivity contribution is 0.172. The first-order valence-corrected chi connectivity index (χ1v) is 10.1. The van der Waals surface area contributed by atoms with Crippen molar-refractivity contribution in [1.82, 2.24) is 24.7 Å². The number of halogens is 1. The maximum absolute atomic E-state index is 5.47. The highest BCUT2D eigenvalue weighted by Crippen LogP contribution is 2.38. The first-order chi connectivity index (χ1) is 14.7. The number of nitrogens with one attached hydrogen (secondary N) is 1. The first kappa shape index (κ1) is 25.1. The van der Waals surface area contributed by atoms with E-state index in [1.807, 2.05) is 31.7 Å². The van der Waals surface area contributed by atoms with Gasteiger partial charge in [-0.25, -0.2) is 4.98 Å². The largest absolute Gasteiger partial charge is 0.493 e. The third kappa shape index (κ3) is 6.63. The lowest BCUT2D eigenvalue weighted by Crippen LogP contribution is -2.52. The van der Waals surface area contributed by atoms with Crippen molar-refractivity contribution < 1.29 is 14.2 Å². The van der Waals surface area contributed by atoms with Crippen LogP contribution < -0.4 is 19.5 Å². The Bertz CT molecular complexity index is 798. The Morgan fingerprint density at radius 1 is 1.06 bits per heavy atom. The molecule has 0 saturated carbocycles. The van der Waals surface area contributed by atoms with Gasteiger partial charge in [0, 0.05) is 65.3 Å². The highest BCUT2D eigenvalue weighted by Gasteiger charge is 2.21. The first-order valence-electron chi connectivity index (χ1n) is 10.1. The Balaban J connectivity index is 0.00000341. The zero-order chi connectivity index (χ0) is 21.3. The van der Waals surface area contributed by atoms with Gasteiger partial charge in [-0.3, -0.25) is 9.89 Å². The number of hydrogen-bond acceptors (Lipinski definition) is 6. The molecule has 9 nitrogen and oxygen atoms in total. The molecule has 0 bridgehead atoms. The van der Waals surface area contributed by atoms with E-state index < -0.39 is 0 Å². The fourth-order valence-corrected chi connectivity index (χ4v) is 3.65. The zero-order valence-electron chi connectivity index (χ0n) is 18.7. The zero-order valence-corrected chi connectivity index (χ0v) is 21.0. The van der Waals surface area contributed by atoms with Crippen molar-refractivity contribution in [3.8, 4) is 17.2 Å².